The molecule has 0 aliphatic heterocycles. The molecule has 0 aliphatic rings. The molecule has 0 aliphatic carbocycles. The van der Waals surface area contributed by atoms with Crippen molar-refractivity contribution in [2.24, 2.45) is 7.05 Å². The van der Waals surface area contributed by atoms with E-state index in [0.717, 1.165) is 30.9 Å². The summed E-state index contributed by atoms with van der Waals surface area (Å²) in [4.78, 5) is 0. The maximum atomic E-state index is 4.30. The van der Waals surface area contributed by atoms with Gasteiger partial charge in [0.25, 0.3) is 0 Å². The number of aryl methyl sites for hydroxylation is 3. The van der Waals surface area contributed by atoms with E-state index in [0.29, 0.717) is 0 Å². The lowest BCUT2D eigenvalue weighted by atomic mass is 10.3. The average molecular weight is 233 g/mol. The van der Waals surface area contributed by atoms with Crippen LogP contribution in [0, 0.1) is 6.92 Å². The minimum Gasteiger partial charge on any atom is -0.377 e. The van der Waals surface area contributed by atoms with E-state index < -0.39 is 0 Å². The summed E-state index contributed by atoms with van der Waals surface area (Å²) in [6.07, 6.45) is 4.94. The SMILES string of the molecule is CCCn1nccc1CNc1cn(C)nc1C. The molecule has 0 atom stereocenters. The predicted octanol–water partition coefficient (Wildman–Crippen LogP) is 1.95. The van der Waals surface area contributed by atoms with E-state index in [-0.39, 0.29) is 0 Å². The number of hydrogen-bond donors (Lipinski definition) is 1. The second-order valence-electron chi connectivity index (χ2n) is 4.20. The highest BCUT2D eigenvalue weighted by atomic mass is 15.3. The minimum atomic E-state index is 0.784. The summed E-state index contributed by atoms with van der Waals surface area (Å²) in [5.41, 5.74) is 3.31. The maximum absolute atomic E-state index is 4.30. The molecule has 92 valence electrons. The quantitative estimate of drug-likeness (QED) is 0.858. The number of hydrogen-bond acceptors (Lipinski definition) is 3. The number of anilines is 1. The van der Waals surface area contributed by atoms with Crippen LogP contribution in [0.3, 0.4) is 0 Å². The lowest BCUT2D eigenvalue weighted by Crippen LogP contribution is -2.09. The van der Waals surface area contributed by atoms with Crippen LogP contribution in [0.4, 0.5) is 5.69 Å². The van der Waals surface area contributed by atoms with Gasteiger partial charge in [-0.15, -0.1) is 0 Å². The van der Waals surface area contributed by atoms with Gasteiger partial charge in [0.2, 0.25) is 0 Å². The van der Waals surface area contributed by atoms with Gasteiger partial charge in [-0.05, 0) is 19.4 Å². The van der Waals surface area contributed by atoms with Crippen molar-refractivity contribution in [2.75, 3.05) is 5.32 Å². The van der Waals surface area contributed by atoms with Crippen molar-refractivity contribution < 1.29 is 0 Å². The zero-order valence-corrected chi connectivity index (χ0v) is 10.6. The normalized spacial score (nSPS) is 10.8. The summed E-state index contributed by atoms with van der Waals surface area (Å²) in [5, 5.41) is 12.0. The van der Waals surface area contributed by atoms with Crippen molar-refractivity contribution >= 4 is 5.69 Å². The molecule has 0 unspecified atom stereocenters. The molecule has 2 aromatic rings. The van der Waals surface area contributed by atoms with Gasteiger partial charge in [0, 0.05) is 26.0 Å². The summed E-state index contributed by atoms with van der Waals surface area (Å²) < 4.78 is 3.86. The smallest absolute Gasteiger partial charge is 0.0825 e. The summed E-state index contributed by atoms with van der Waals surface area (Å²) in [6, 6.07) is 2.05. The van der Waals surface area contributed by atoms with Gasteiger partial charge in [0.1, 0.15) is 0 Å². The van der Waals surface area contributed by atoms with E-state index in [1.54, 1.807) is 0 Å². The van der Waals surface area contributed by atoms with Crippen molar-refractivity contribution in [2.45, 2.75) is 33.4 Å². The van der Waals surface area contributed by atoms with E-state index >= 15 is 0 Å². The molecule has 1 N–H and O–H groups in total. The first-order chi connectivity index (χ1) is 8.20. The van der Waals surface area contributed by atoms with Crippen LogP contribution in [0.1, 0.15) is 24.7 Å². The molecule has 17 heavy (non-hydrogen) atoms. The highest BCUT2D eigenvalue weighted by Crippen LogP contribution is 2.13. The van der Waals surface area contributed by atoms with Crippen molar-refractivity contribution in [1.82, 2.24) is 19.6 Å². The van der Waals surface area contributed by atoms with Gasteiger partial charge in [-0.25, -0.2) is 0 Å². The molecular formula is C12H19N5. The van der Waals surface area contributed by atoms with Gasteiger partial charge in [-0.2, -0.15) is 10.2 Å². The van der Waals surface area contributed by atoms with Crippen LogP contribution in [0.5, 0.6) is 0 Å². The molecule has 0 saturated carbocycles. The third-order valence-corrected chi connectivity index (χ3v) is 2.71. The standard InChI is InChI=1S/C12H19N5/c1-4-7-17-11(5-6-14-17)8-13-12-9-16(3)15-10(12)2/h5-6,9,13H,4,7-8H2,1-3H3. The van der Waals surface area contributed by atoms with Crippen LogP contribution in [0.2, 0.25) is 0 Å². The zero-order valence-electron chi connectivity index (χ0n) is 10.6. The van der Waals surface area contributed by atoms with Crippen LogP contribution in [0.15, 0.2) is 18.5 Å². The van der Waals surface area contributed by atoms with Crippen LogP contribution in [0.25, 0.3) is 0 Å². The molecule has 0 saturated heterocycles. The Bertz CT molecular complexity index is 483. The van der Waals surface area contributed by atoms with Crippen molar-refractivity contribution in [1.29, 1.82) is 0 Å². The summed E-state index contributed by atoms with van der Waals surface area (Å²) in [5.74, 6) is 0. The first-order valence-electron chi connectivity index (χ1n) is 5.95. The molecule has 5 heteroatoms. The van der Waals surface area contributed by atoms with Crippen LogP contribution in [-0.4, -0.2) is 19.6 Å². The van der Waals surface area contributed by atoms with Gasteiger partial charge in [-0.3, -0.25) is 9.36 Å². The van der Waals surface area contributed by atoms with Gasteiger partial charge in [0.15, 0.2) is 0 Å². The highest BCUT2D eigenvalue weighted by molar-refractivity contribution is 5.45. The fourth-order valence-corrected chi connectivity index (χ4v) is 1.88. The first-order valence-corrected chi connectivity index (χ1v) is 5.95. The molecule has 2 rings (SSSR count). The second-order valence-corrected chi connectivity index (χ2v) is 4.20. The molecule has 0 spiro atoms. The van der Waals surface area contributed by atoms with E-state index in [9.17, 15) is 0 Å². The van der Waals surface area contributed by atoms with E-state index in [1.807, 2.05) is 41.8 Å². The van der Waals surface area contributed by atoms with Gasteiger partial charge >= 0.3 is 0 Å². The van der Waals surface area contributed by atoms with Crippen molar-refractivity contribution in [3.05, 3.63) is 29.8 Å². The third-order valence-electron chi connectivity index (χ3n) is 2.71. The van der Waals surface area contributed by atoms with Gasteiger partial charge in [-0.1, -0.05) is 6.92 Å². The monoisotopic (exact) mass is 233 g/mol. The Kier molecular flexibility index (Phi) is 3.46. The Hall–Kier alpha value is -1.78. The highest BCUT2D eigenvalue weighted by Gasteiger charge is 2.05. The average Bonchev–Trinajstić information content (AvgIpc) is 2.83. The Balaban J connectivity index is 2.02. The van der Waals surface area contributed by atoms with Crippen molar-refractivity contribution in [3.8, 4) is 0 Å². The molecule has 0 amide bonds. The second kappa shape index (κ2) is 5.03. The topological polar surface area (TPSA) is 47.7 Å². The zero-order chi connectivity index (χ0) is 12.3. The number of nitrogens with one attached hydrogen (secondary N) is 1. The number of nitrogens with zero attached hydrogens (tertiary/aromatic N) is 4. The summed E-state index contributed by atoms with van der Waals surface area (Å²) in [6.45, 7) is 5.92. The summed E-state index contributed by atoms with van der Waals surface area (Å²) >= 11 is 0. The van der Waals surface area contributed by atoms with Crippen LogP contribution in [-0.2, 0) is 20.1 Å². The van der Waals surface area contributed by atoms with E-state index in [4.69, 9.17) is 0 Å². The Labute approximate surface area is 101 Å². The molecular weight excluding hydrogens is 214 g/mol. The molecule has 0 fully saturated rings. The van der Waals surface area contributed by atoms with Crippen LogP contribution >= 0.6 is 0 Å². The van der Waals surface area contributed by atoms with E-state index in [1.165, 1.54) is 5.69 Å². The molecule has 2 heterocycles. The van der Waals surface area contributed by atoms with E-state index in [2.05, 4.69) is 22.4 Å². The van der Waals surface area contributed by atoms with Crippen molar-refractivity contribution in [3.63, 3.8) is 0 Å². The number of aromatic nitrogens is 4. The van der Waals surface area contributed by atoms with Gasteiger partial charge < -0.3 is 5.32 Å². The lowest BCUT2D eigenvalue weighted by Gasteiger charge is -2.07. The largest absolute Gasteiger partial charge is 0.377 e. The molecule has 0 bridgehead atoms. The fourth-order valence-electron chi connectivity index (χ4n) is 1.88. The Morgan fingerprint density at radius 2 is 2.24 bits per heavy atom. The Morgan fingerprint density at radius 3 is 2.88 bits per heavy atom. The summed E-state index contributed by atoms with van der Waals surface area (Å²) in [7, 11) is 1.93. The molecule has 2 aromatic heterocycles. The number of rotatable bonds is 5. The lowest BCUT2D eigenvalue weighted by molar-refractivity contribution is 0.578. The van der Waals surface area contributed by atoms with Crippen LogP contribution < -0.4 is 5.32 Å². The molecule has 5 nitrogen and oxygen atoms in total. The Morgan fingerprint density at radius 1 is 1.41 bits per heavy atom. The third kappa shape index (κ3) is 2.67. The predicted molar refractivity (Wildman–Crippen MR) is 67.8 cm³/mol. The maximum Gasteiger partial charge on any atom is 0.0825 e. The molecule has 0 radical (unpaired) electrons. The van der Waals surface area contributed by atoms with Gasteiger partial charge in [0.05, 0.1) is 23.6 Å². The molecule has 0 aromatic carbocycles. The first kappa shape index (κ1) is 11.7. The fraction of sp³-hybridized carbons (Fsp3) is 0.500. The minimum absolute atomic E-state index is 0.784.